The van der Waals surface area contributed by atoms with Crippen LogP contribution in [-0.2, 0) is 17.8 Å². The fourth-order valence-electron chi connectivity index (χ4n) is 2.69. The molecular weight excluding hydrogens is 252 g/mol. The lowest BCUT2D eigenvalue weighted by atomic mass is 10.2. The van der Waals surface area contributed by atoms with Crippen LogP contribution in [0.25, 0.3) is 10.9 Å². The average molecular weight is 274 g/mol. The molecule has 0 amide bonds. The zero-order chi connectivity index (χ0) is 13.9. The second-order valence-electron chi connectivity index (χ2n) is 5.54. The Kier molecular flexibility index (Phi) is 4.05. The Bertz CT molecular complexity index is 575. The van der Waals surface area contributed by atoms with Gasteiger partial charge in [0.15, 0.2) is 0 Å². The number of benzene rings is 1. The fourth-order valence-corrected chi connectivity index (χ4v) is 2.69. The molecule has 1 fully saturated rings. The van der Waals surface area contributed by atoms with Crippen molar-refractivity contribution in [3.8, 4) is 0 Å². The monoisotopic (exact) mass is 274 g/mol. The summed E-state index contributed by atoms with van der Waals surface area (Å²) in [5.74, 6) is 0. The minimum absolute atomic E-state index is 0.366. The highest BCUT2D eigenvalue weighted by Gasteiger charge is 2.28. The molecule has 0 atom stereocenters. The summed E-state index contributed by atoms with van der Waals surface area (Å²) in [4.78, 5) is 0. The Balaban J connectivity index is 1.83. The third kappa shape index (κ3) is 2.87. The molecule has 1 aliphatic rings. The van der Waals surface area contributed by atoms with E-state index in [0.717, 1.165) is 32.4 Å². The predicted molar refractivity (Wildman–Crippen MR) is 78.8 cm³/mol. The van der Waals surface area contributed by atoms with Crippen molar-refractivity contribution in [1.82, 2.24) is 9.63 Å². The highest BCUT2D eigenvalue weighted by Crippen LogP contribution is 2.29. The molecule has 1 heterocycles. The maximum absolute atomic E-state index is 10.0. The van der Waals surface area contributed by atoms with Gasteiger partial charge in [-0.3, -0.25) is 0 Å². The van der Waals surface area contributed by atoms with Crippen molar-refractivity contribution in [3.63, 3.8) is 0 Å². The summed E-state index contributed by atoms with van der Waals surface area (Å²) < 4.78 is 7.39. The van der Waals surface area contributed by atoms with E-state index in [1.54, 1.807) is 7.11 Å². The molecule has 20 heavy (non-hydrogen) atoms. The van der Waals surface area contributed by atoms with E-state index >= 15 is 0 Å². The summed E-state index contributed by atoms with van der Waals surface area (Å²) >= 11 is 0. The molecule has 2 aromatic rings. The van der Waals surface area contributed by atoms with Crippen molar-refractivity contribution < 1.29 is 9.94 Å². The maximum Gasteiger partial charge on any atom is 0.0513 e. The van der Waals surface area contributed by atoms with Gasteiger partial charge in [-0.15, -0.1) is 0 Å². The minimum atomic E-state index is 0.366. The third-order valence-electron chi connectivity index (χ3n) is 3.92. The molecule has 1 saturated carbocycles. The minimum Gasteiger partial charge on any atom is -0.385 e. The van der Waals surface area contributed by atoms with Crippen molar-refractivity contribution in [3.05, 3.63) is 36.0 Å². The second kappa shape index (κ2) is 5.95. The summed E-state index contributed by atoms with van der Waals surface area (Å²) in [6.07, 6.45) is 5.40. The van der Waals surface area contributed by atoms with E-state index in [0.29, 0.717) is 12.6 Å². The first-order chi connectivity index (χ1) is 9.79. The van der Waals surface area contributed by atoms with Crippen LogP contribution in [0, 0.1) is 0 Å². The molecule has 0 radical (unpaired) electrons. The normalized spacial score (nSPS) is 15.3. The van der Waals surface area contributed by atoms with E-state index in [1.807, 2.05) is 0 Å². The molecule has 4 heteroatoms. The van der Waals surface area contributed by atoms with Crippen molar-refractivity contribution in [2.75, 3.05) is 13.7 Å². The number of ether oxygens (including phenoxy) is 1. The maximum atomic E-state index is 10.0. The molecule has 3 rings (SSSR count). The van der Waals surface area contributed by atoms with Gasteiger partial charge in [-0.1, -0.05) is 18.2 Å². The predicted octanol–water partition coefficient (Wildman–Crippen LogP) is 3.03. The van der Waals surface area contributed by atoms with E-state index in [1.165, 1.54) is 21.5 Å². The van der Waals surface area contributed by atoms with E-state index < -0.39 is 0 Å². The second-order valence-corrected chi connectivity index (χ2v) is 5.54. The van der Waals surface area contributed by atoms with Crippen LogP contribution in [0.3, 0.4) is 0 Å². The van der Waals surface area contributed by atoms with Crippen LogP contribution in [-0.4, -0.2) is 34.6 Å². The molecule has 4 nitrogen and oxygen atoms in total. The van der Waals surface area contributed by atoms with Gasteiger partial charge >= 0.3 is 0 Å². The largest absolute Gasteiger partial charge is 0.385 e. The number of hydroxylamine groups is 2. The van der Waals surface area contributed by atoms with Crippen LogP contribution in [0.4, 0.5) is 0 Å². The molecule has 0 saturated heterocycles. The number of nitrogens with zero attached hydrogens (tertiary/aromatic N) is 2. The van der Waals surface area contributed by atoms with Crippen LogP contribution in [0.15, 0.2) is 30.5 Å². The summed E-state index contributed by atoms with van der Waals surface area (Å²) in [6.45, 7) is 2.34. The number of aryl methyl sites for hydroxylation is 1. The number of hydrogen-bond donors (Lipinski definition) is 1. The van der Waals surface area contributed by atoms with Crippen LogP contribution in [0.5, 0.6) is 0 Å². The summed E-state index contributed by atoms with van der Waals surface area (Å²) in [7, 11) is 1.73. The number of rotatable bonds is 7. The lowest BCUT2D eigenvalue weighted by Gasteiger charge is -2.12. The first-order valence-electron chi connectivity index (χ1n) is 7.31. The van der Waals surface area contributed by atoms with E-state index in [-0.39, 0.29) is 0 Å². The Morgan fingerprint density at radius 1 is 1.35 bits per heavy atom. The van der Waals surface area contributed by atoms with E-state index in [9.17, 15) is 5.21 Å². The molecule has 1 aliphatic carbocycles. The Morgan fingerprint density at radius 3 is 2.90 bits per heavy atom. The van der Waals surface area contributed by atoms with Gasteiger partial charge in [0, 0.05) is 43.4 Å². The van der Waals surface area contributed by atoms with Gasteiger partial charge in [0.1, 0.15) is 0 Å². The van der Waals surface area contributed by atoms with Crippen LogP contribution < -0.4 is 0 Å². The number of fused-ring (bicyclic) bond motifs is 1. The van der Waals surface area contributed by atoms with E-state index in [2.05, 4.69) is 35.0 Å². The smallest absolute Gasteiger partial charge is 0.0513 e. The van der Waals surface area contributed by atoms with Gasteiger partial charge in [-0.25, -0.2) is 0 Å². The highest BCUT2D eigenvalue weighted by molar-refractivity contribution is 5.83. The molecule has 1 aromatic heterocycles. The first-order valence-corrected chi connectivity index (χ1v) is 7.31. The molecule has 0 aliphatic heterocycles. The Hall–Kier alpha value is -1.36. The fraction of sp³-hybridized carbons (Fsp3) is 0.500. The van der Waals surface area contributed by atoms with Crippen molar-refractivity contribution >= 4 is 10.9 Å². The molecule has 0 spiro atoms. The topological polar surface area (TPSA) is 37.6 Å². The van der Waals surface area contributed by atoms with Crippen molar-refractivity contribution in [1.29, 1.82) is 0 Å². The van der Waals surface area contributed by atoms with Crippen LogP contribution in [0.1, 0.15) is 24.8 Å². The standard InChI is InChI=1S/C16H22N2O2/c1-20-10-4-9-17-11-13(12-18(19)14-7-8-14)15-5-2-3-6-16(15)17/h2-3,5-6,11,14,19H,4,7-10,12H2,1H3. The summed E-state index contributed by atoms with van der Waals surface area (Å²) in [6, 6.07) is 8.77. The van der Waals surface area contributed by atoms with Gasteiger partial charge in [0.25, 0.3) is 0 Å². The van der Waals surface area contributed by atoms with Gasteiger partial charge in [0.05, 0.1) is 6.54 Å². The molecule has 1 aromatic carbocycles. The summed E-state index contributed by atoms with van der Waals surface area (Å²) in [5.41, 5.74) is 2.44. The molecule has 1 N–H and O–H groups in total. The lowest BCUT2D eigenvalue weighted by molar-refractivity contribution is -0.108. The quantitative estimate of drug-likeness (QED) is 0.623. The number of hydrogen-bond acceptors (Lipinski definition) is 3. The lowest BCUT2D eigenvalue weighted by Crippen LogP contribution is -2.20. The molecule has 108 valence electrons. The Labute approximate surface area is 119 Å². The summed E-state index contributed by atoms with van der Waals surface area (Å²) in [5, 5.41) is 12.8. The zero-order valence-electron chi connectivity index (χ0n) is 12.0. The molecule has 0 unspecified atom stereocenters. The van der Waals surface area contributed by atoms with Crippen LogP contribution in [0.2, 0.25) is 0 Å². The molecule has 0 bridgehead atoms. The Morgan fingerprint density at radius 2 is 2.15 bits per heavy atom. The van der Waals surface area contributed by atoms with E-state index in [4.69, 9.17) is 4.74 Å². The van der Waals surface area contributed by atoms with Gasteiger partial charge in [0.2, 0.25) is 0 Å². The van der Waals surface area contributed by atoms with Gasteiger partial charge < -0.3 is 14.5 Å². The van der Waals surface area contributed by atoms with Gasteiger partial charge in [-0.05, 0) is 30.9 Å². The average Bonchev–Trinajstić information content (AvgIpc) is 3.25. The number of methoxy groups -OCH3 is 1. The number of aromatic nitrogens is 1. The number of para-hydroxylation sites is 1. The SMILES string of the molecule is COCCCn1cc(CN(O)C2CC2)c2ccccc21. The van der Waals surface area contributed by atoms with Gasteiger partial charge in [-0.2, -0.15) is 5.06 Å². The first kappa shape index (κ1) is 13.6. The zero-order valence-corrected chi connectivity index (χ0v) is 12.0. The molecular formula is C16H22N2O2. The third-order valence-corrected chi connectivity index (χ3v) is 3.92. The van der Waals surface area contributed by atoms with Crippen molar-refractivity contribution in [2.45, 2.75) is 38.4 Å². The highest BCUT2D eigenvalue weighted by atomic mass is 16.5. The van der Waals surface area contributed by atoms with Crippen molar-refractivity contribution in [2.24, 2.45) is 0 Å². The van der Waals surface area contributed by atoms with Crippen LogP contribution >= 0.6 is 0 Å².